The number of likely N-dealkylation sites (tertiary alicyclic amines) is 1. The van der Waals surface area contributed by atoms with E-state index in [1.165, 1.54) is 0 Å². The van der Waals surface area contributed by atoms with E-state index in [9.17, 15) is 9.59 Å². The summed E-state index contributed by atoms with van der Waals surface area (Å²) in [6, 6.07) is 7.50. The van der Waals surface area contributed by atoms with Crippen molar-refractivity contribution in [2.75, 3.05) is 20.2 Å². The van der Waals surface area contributed by atoms with Crippen LogP contribution in [0.5, 0.6) is 5.75 Å². The molecule has 0 bridgehead atoms. The van der Waals surface area contributed by atoms with Crippen molar-refractivity contribution in [2.45, 2.75) is 30.1 Å². The van der Waals surface area contributed by atoms with E-state index in [2.05, 4.69) is 5.32 Å². The summed E-state index contributed by atoms with van der Waals surface area (Å²) in [6.45, 7) is 1.12. The van der Waals surface area contributed by atoms with Crippen molar-refractivity contribution in [3.63, 3.8) is 0 Å². The van der Waals surface area contributed by atoms with Gasteiger partial charge in [-0.2, -0.15) is 0 Å². The fourth-order valence-electron chi connectivity index (χ4n) is 2.59. The molecule has 2 rings (SSSR count). The van der Waals surface area contributed by atoms with Gasteiger partial charge in [0.05, 0.1) is 13.5 Å². The van der Waals surface area contributed by atoms with Crippen molar-refractivity contribution in [1.82, 2.24) is 10.2 Å². The van der Waals surface area contributed by atoms with Crippen molar-refractivity contribution < 1.29 is 14.3 Å². The highest BCUT2D eigenvalue weighted by Gasteiger charge is 2.26. The lowest BCUT2D eigenvalue weighted by molar-refractivity contribution is -0.130. The molecule has 126 valence electrons. The predicted octanol–water partition coefficient (Wildman–Crippen LogP) is 2.15. The summed E-state index contributed by atoms with van der Waals surface area (Å²) in [4.78, 5) is 24.4. The molecule has 0 aliphatic carbocycles. The smallest absolute Gasteiger partial charge is 0.255 e. The molecule has 7 heteroatoms. The summed E-state index contributed by atoms with van der Waals surface area (Å²) >= 11 is 11.2. The molecule has 0 saturated carbocycles. The Labute approximate surface area is 145 Å². The summed E-state index contributed by atoms with van der Waals surface area (Å²) in [5.74, 6) is 0.479. The van der Waals surface area contributed by atoms with Gasteiger partial charge in [-0.3, -0.25) is 9.59 Å². The number of piperidine rings is 1. The van der Waals surface area contributed by atoms with Gasteiger partial charge in [-0.15, -0.1) is 0 Å². The maximum absolute atomic E-state index is 12.1. The van der Waals surface area contributed by atoms with E-state index in [0.717, 1.165) is 11.3 Å². The minimum absolute atomic E-state index is 0.0208. The average molecular weight is 359 g/mol. The molecule has 1 aromatic carbocycles. The SMILES string of the molecule is COc1ccc(CC(=O)NC2CCN(C(=O)C(Cl)Cl)CC2)cc1. The minimum atomic E-state index is -1.02. The third-order valence-corrected chi connectivity index (χ3v) is 4.26. The van der Waals surface area contributed by atoms with Crippen molar-refractivity contribution in [2.24, 2.45) is 0 Å². The second-order valence-corrected chi connectivity index (χ2v) is 6.59. The van der Waals surface area contributed by atoms with E-state index >= 15 is 0 Å². The first-order valence-electron chi connectivity index (χ1n) is 7.49. The number of ether oxygens (including phenoxy) is 1. The summed E-state index contributed by atoms with van der Waals surface area (Å²) in [7, 11) is 1.61. The Morgan fingerprint density at radius 1 is 1.26 bits per heavy atom. The monoisotopic (exact) mass is 358 g/mol. The van der Waals surface area contributed by atoms with Gasteiger partial charge < -0.3 is 15.0 Å². The normalized spacial score (nSPS) is 15.6. The fourth-order valence-corrected chi connectivity index (χ4v) is 2.87. The molecule has 1 N–H and O–H groups in total. The number of halogens is 2. The van der Waals surface area contributed by atoms with E-state index in [4.69, 9.17) is 27.9 Å². The quantitative estimate of drug-likeness (QED) is 0.820. The van der Waals surface area contributed by atoms with Gasteiger partial charge in [0, 0.05) is 19.1 Å². The molecule has 5 nitrogen and oxygen atoms in total. The summed E-state index contributed by atoms with van der Waals surface area (Å²) in [5, 5.41) is 3.01. The second kappa shape index (κ2) is 8.41. The molecular weight excluding hydrogens is 339 g/mol. The van der Waals surface area contributed by atoms with Crippen LogP contribution in [0.1, 0.15) is 18.4 Å². The van der Waals surface area contributed by atoms with Crippen LogP contribution in [0.4, 0.5) is 0 Å². The summed E-state index contributed by atoms with van der Waals surface area (Å²) in [5.41, 5.74) is 0.933. The fraction of sp³-hybridized carbons (Fsp3) is 0.500. The molecule has 1 aliphatic heterocycles. The topological polar surface area (TPSA) is 58.6 Å². The highest BCUT2D eigenvalue weighted by Crippen LogP contribution is 2.16. The Hall–Kier alpha value is -1.46. The number of methoxy groups -OCH3 is 1. The van der Waals surface area contributed by atoms with Crippen LogP contribution in [0.3, 0.4) is 0 Å². The molecule has 0 atom stereocenters. The number of hydrogen-bond donors (Lipinski definition) is 1. The standard InChI is InChI=1S/C16H20Cl2N2O3/c1-23-13-4-2-11(3-5-13)10-14(21)19-12-6-8-20(9-7-12)16(22)15(17)18/h2-5,12,15H,6-10H2,1H3,(H,19,21). The van der Waals surface area contributed by atoms with Crippen LogP contribution in [-0.2, 0) is 16.0 Å². The largest absolute Gasteiger partial charge is 0.497 e. The second-order valence-electron chi connectivity index (χ2n) is 5.49. The number of alkyl halides is 2. The van der Waals surface area contributed by atoms with Crippen molar-refractivity contribution in [3.8, 4) is 5.75 Å². The number of carbonyl (C=O) groups excluding carboxylic acids is 2. The summed E-state index contributed by atoms with van der Waals surface area (Å²) < 4.78 is 5.09. The lowest BCUT2D eigenvalue weighted by Gasteiger charge is -2.32. The van der Waals surface area contributed by atoms with Crippen molar-refractivity contribution >= 4 is 35.0 Å². The minimum Gasteiger partial charge on any atom is -0.497 e. The Morgan fingerprint density at radius 2 is 1.87 bits per heavy atom. The maximum Gasteiger partial charge on any atom is 0.255 e. The molecular formula is C16H20Cl2N2O3. The van der Waals surface area contributed by atoms with Gasteiger partial charge in [0.1, 0.15) is 5.75 Å². The molecule has 0 spiro atoms. The third-order valence-electron chi connectivity index (χ3n) is 3.88. The maximum atomic E-state index is 12.1. The number of benzene rings is 1. The molecule has 1 heterocycles. The Balaban J connectivity index is 1.77. The molecule has 0 radical (unpaired) electrons. The highest BCUT2D eigenvalue weighted by atomic mass is 35.5. The zero-order valence-electron chi connectivity index (χ0n) is 12.9. The van der Waals surface area contributed by atoms with Crippen LogP contribution in [0.25, 0.3) is 0 Å². The van der Waals surface area contributed by atoms with Crippen LogP contribution < -0.4 is 10.1 Å². The third kappa shape index (κ3) is 5.29. The van der Waals surface area contributed by atoms with Crippen LogP contribution >= 0.6 is 23.2 Å². The average Bonchev–Trinajstić information content (AvgIpc) is 2.55. The zero-order valence-corrected chi connectivity index (χ0v) is 14.4. The van der Waals surface area contributed by atoms with Gasteiger partial charge in [0.15, 0.2) is 4.84 Å². The Morgan fingerprint density at radius 3 is 2.39 bits per heavy atom. The van der Waals surface area contributed by atoms with Crippen LogP contribution in [0.15, 0.2) is 24.3 Å². The molecule has 0 unspecified atom stereocenters. The van der Waals surface area contributed by atoms with Gasteiger partial charge in [-0.1, -0.05) is 35.3 Å². The molecule has 2 amide bonds. The highest BCUT2D eigenvalue weighted by molar-refractivity contribution is 6.53. The number of amides is 2. The van der Waals surface area contributed by atoms with Gasteiger partial charge in [0.25, 0.3) is 5.91 Å². The number of rotatable bonds is 5. The van der Waals surface area contributed by atoms with E-state index < -0.39 is 4.84 Å². The Kier molecular flexibility index (Phi) is 6.54. The first-order chi connectivity index (χ1) is 11.0. The first-order valence-corrected chi connectivity index (χ1v) is 8.36. The molecule has 23 heavy (non-hydrogen) atoms. The number of nitrogens with zero attached hydrogens (tertiary/aromatic N) is 1. The van der Waals surface area contributed by atoms with Gasteiger partial charge in [-0.05, 0) is 30.5 Å². The van der Waals surface area contributed by atoms with E-state index in [0.29, 0.717) is 32.4 Å². The van der Waals surface area contributed by atoms with Crippen LogP contribution in [0, 0.1) is 0 Å². The molecule has 1 fully saturated rings. The predicted molar refractivity (Wildman–Crippen MR) is 89.9 cm³/mol. The molecule has 1 aliphatic rings. The van der Waals surface area contributed by atoms with Crippen LogP contribution in [0.2, 0.25) is 0 Å². The number of nitrogens with one attached hydrogen (secondary N) is 1. The molecule has 1 aromatic rings. The number of carbonyl (C=O) groups is 2. The van der Waals surface area contributed by atoms with Gasteiger partial charge in [-0.25, -0.2) is 0 Å². The van der Waals surface area contributed by atoms with E-state index in [1.807, 2.05) is 24.3 Å². The lowest BCUT2D eigenvalue weighted by atomic mass is 10.0. The van der Waals surface area contributed by atoms with Crippen LogP contribution in [-0.4, -0.2) is 47.8 Å². The van der Waals surface area contributed by atoms with Gasteiger partial charge in [0.2, 0.25) is 5.91 Å². The molecule has 0 aromatic heterocycles. The van der Waals surface area contributed by atoms with Crippen molar-refractivity contribution in [1.29, 1.82) is 0 Å². The van der Waals surface area contributed by atoms with E-state index in [1.54, 1.807) is 12.0 Å². The number of hydrogen-bond acceptors (Lipinski definition) is 3. The first kappa shape index (κ1) is 17.9. The Bertz CT molecular complexity index is 541. The summed E-state index contributed by atoms with van der Waals surface area (Å²) in [6.07, 6.45) is 1.75. The van der Waals surface area contributed by atoms with Gasteiger partial charge >= 0.3 is 0 Å². The molecule has 1 saturated heterocycles. The zero-order chi connectivity index (χ0) is 16.8. The van der Waals surface area contributed by atoms with E-state index in [-0.39, 0.29) is 17.9 Å². The lowest BCUT2D eigenvalue weighted by Crippen LogP contribution is -2.48. The van der Waals surface area contributed by atoms with Crippen molar-refractivity contribution in [3.05, 3.63) is 29.8 Å².